The van der Waals surface area contributed by atoms with Crippen LogP contribution in [0.15, 0.2) is 218 Å². The lowest BCUT2D eigenvalue weighted by Gasteiger charge is -2.33. The average molecular weight is 763 g/mol. The van der Waals surface area contributed by atoms with Gasteiger partial charge in [0.15, 0.2) is 0 Å². The lowest BCUT2D eigenvalue weighted by molar-refractivity contribution is 0.581. The molecule has 6 nitrogen and oxygen atoms in total. The molecule has 0 aromatic heterocycles. The van der Waals surface area contributed by atoms with Gasteiger partial charge in [0.25, 0.3) is 0 Å². The summed E-state index contributed by atoms with van der Waals surface area (Å²) in [6.07, 6.45) is 0. The second-order valence-electron chi connectivity index (χ2n) is 13.8. The minimum Gasteiger partial charge on any atom is -0.270 e. The first-order chi connectivity index (χ1) is 27.6. The fourth-order valence-electron chi connectivity index (χ4n) is 8.03. The van der Waals surface area contributed by atoms with Crippen LogP contribution in [-0.2, 0) is 9.13 Å². The summed E-state index contributed by atoms with van der Waals surface area (Å²) in [5.74, 6) is 0. The van der Waals surface area contributed by atoms with Crippen LogP contribution in [0.2, 0.25) is 0 Å². The Morgan fingerprint density at radius 2 is 0.518 bits per heavy atom. The van der Waals surface area contributed by atoms with Crippen molar-refractivity contribution in [2.24, 2.45) is 0 Å². The predicted octanol–water partition coefficient (Wildman–Crippen LogP) is 13.0. The second kappa shape index (κ2) is 13.6. The molecule has 2 atom stereocenters. The van der Waals surface area contributed by atoms with E-state index in [-0.39, 0.29) is 0 Å². The van der Waals surface area contributed by atoms with Gasteiger partial charge in [-0.3, -0.25) is 27.8 Å². The average Bonchev–Trinajstić information content (AvgIpc) is 3.70. The van der Waals surface area contributed by atoms with E-state index in [4.69, 9.17) is 0 Å². The van der Waals surface area contributed by atoms with Crippen LogP contribution >= 0.6 is 14.9 Å². The van der Waals surface area contributed by atoms with Crippen LogP contribution in [0.3, 0.4) is 0 Å². The van der Waals surface area contributed by atoms with E-state index in [0.29, 0.717) is 0 Å². The summed E-state index contributed by atoms with van der Waals surface area (Å²) in [6, 6.07) is 72.2. The zero-order valence-electron chi connectivity index (χ0n) is 30.3. The van der Waals surface area contributed by atoms with Crippen molar-refractivity contribution >= 4 is 71.0 Å². The summed E-state index contributed by atoms with van der Waals surface area (Å²) < 4.78 is 40.3. The highest BCUT2D eigenvalue weighted by molar-refractivity contribution is 7.76. The van der Waals surface area contributed by atoms with Crippen LogP contribution < -0.4 is 29.3 Å². The number of anilines is 8. The molecule has 8 aromatic carbocycles. The Kier molecular flexibility index (Phi) is 8.26. The lowest BCUT2D eigenvalue weighted by Crippen LogP contribution is -2.26. The highest BCUT2D eigenvalue weighted by atomic mass is 31.2. The van der Waals surface area contributed by atoms with Crippen LogP contribution in [0.5, 0.6) is 0 Å². The molecule has 2 heterocycles. The third-order valence-corrected chi connectivity index (χ3v) is 16.4. The number of hydrogen-bond donors (Lipinski definition) is 0. The highest BCUT2D eigenvalue weighted by Gasteiger charge is 2.50. The predicted molar refractivity (Wildman–Crippen MR) is 234 cm³/mol. The summed E-state index contributed by atoms with van der Waals surface area (Å²) in [7, 11) is -7.04. The topological polar surface area (TPSA) is 47.1 Å². The van der Waals surface area contributed by atoms with Gasteiger partial charge < -0.3 is 0 Å². The number of benzene rings is 8. The van der Waals surface area contributed by atoms with Crippen molar-refractivity contribution in [3.63, 3.8) is 0 Å². The van der Waals surface area contributed by atoms with Crippen molar-refractivity contribution in [1.82, 2.24) is 0 Å². The number of rotatable bonds is 7. The SMILES string of the molecule is O=P1(c2ccccc2)N(c2ccccc2)c2ccc(-c3ccc4c(c3)N(c3ccccc3)P(=O)(c3ccccc3)N4c3ccccc3)cc2N1c1ccccc1. The Hall–Kier alpha value is -6.58. The Labute approximate surface area is 327 Å². The highest BCUT2D eigenvalue weighted by Crippen LogP contribution is 2.72. The summed E-state index contributed by atoms with van der Waals surface area (Å²) in [4.78, 5) is 0. The van der Waals surface area contributed by atoms with Crippen molar-refractivity contribution in [1.29, 1.82) is 0 Å². The van der Waals surface area contributed by atoms with Gasteiger partial charge in [-0.25, -0.2) is 0 Å². The van der Waals surface area contributed by atoms with Crippen molar-refractivity contribution in [3.05, 3.63) is 218 Å². The van der Waals surface area contributed by atoms with Gasteiger partial charge in [0.1, 0.15) is 0 Å². The molecule has 0 spiro atoms. The molecule has 0 saturated heterocycles. The van der Waals surface area contributed by atoms with Gasteiger partial charge >= 0.3 is 14.9 Å². The number of para-hydroxylation sites is 4. The Bertz CT molecular complexity index is 2580. The summed E-state index contributed by atoms with van der Waals surface area (Å²) in [5.41, 5.74) is 8.65. The van der Waals surface area contributed by atoms with Crippen LogP contribution in [0.1, 0.15) is 0 Å². The molecule has 0 aliphatic carbocycles. The number of hydrogen-bond acceptors (Lipinski definition) is 2. The number of nitrogens with zero attached hydrogens (tertiary/aromatic N) is 4. The van der Waals surface area contributed by atoms with E-state index in [1.54, 1.807) is 0 Å². The molecule has 2 unspecified atom stereocenters. The minimum absolute atomic E-state index is 0.735. The molecule has 10 rings (SSSR count). The van der Waals surface area contributed by atoms with Gasteiger partial charge in [-0.05, 0) is 108 Å². The van der Waals surface area contributed by atoms with Crippen molar-refractivity contribution < 1.29 is 9.13 Å². The molecule has 0 radical (unpaired) electrons. The molecule has 2 aliphatic rings. The summed E-state index contributed by atoms with van der Waals surface area (Å²) >= 11 is 0. The third-order valence-electron chi connectivity index (χ3n) is 10.5. The largest absolute Gasteiger partial charge is 0.301 e. The molecule has 8 heteroatoms. The van der Waals surface area contributed by atoms with Gasteiger partial charge in [-0.1, -0.05) is 121 Å². The molecule has 0 saturated carbocycles. The van der Waals surface area contributed by atoms with Crippen molar-refractivity contribution in [2.45, 2.75) is 0 Å². The van der Waals surface area contributed by atoms with Gasteiger partial charge in [-0.15, -0.1) is 0 Å². The molecular weight excluding hydrogens is 727 g/mol. The van der Waals surface area contributed by atoms with Crippen LogP contribution in [0.25, 0.3) is 11.1 Å². The summed E-state index contributed by atoms with van der Waals surface area (Å²) in [5, 5.41) is 1.47. The van der Waals surface area contributed by atoms with Gasteiger partial charge in [0, 0.05) is 22.7 Å². The quantitative estimate of drug-likeness (QED) is 0.151. The van der Waals surface area contributed by atoms with E-state index in [1.807, 2.05) is 201 Å². The lowest BCUT2D eigenvalue weighted by atomic mass is 10.0. The maximum atomic E-state index is 16.1. The molecule has 8 aromatic rings. The monoisotopic (exact) mass is 762 g/mol. The summed E-state index contributed by atoms with van der Waals surface area (Å²) in [6.45, 7) is 0. The minimum atomic E-state index is -3.52. The molecule has 270 valence electrons. The molecule has 0 bridgehead atoms. The Balaban J connectivity index is 1.19. The molecule has 0 fully saturated rings. The van der Waals surface area contributed by atoms with Crippen LogP contribution in [0.4, 0.5) is 45.5 Å². The Morgan fingerprint density at radius 3 is 0.804 bits per heavy atom. The van der Waals surface area contributed by atoms with E-state index < -0.39 is 14.9 Å². The zero-order chi connectivity index (χ0) is 37.7. The van der Waals surface area contributed by atoms with E-state index >= 15 is 9.13 Å². The smallest absolute Gasteiger partial charge is 0.270 e. The van der Waals surface area contributed by atoms with Crippen LogP contribution in [0, 0.1) is 0 Å². The first-order valence-corrected chi connectivity index (χ1v) is 21.8. The molecule has 0 amide bonds. The fourth-order valence-corrected chi connectivity index (χ4v) is 14.0. The van der Waals surface area contributed by atoms with Gasteiger partial charge in [-0.2, -0.15) is 0 Å². The molecule has 2 aliphatic heterocycles. The fraction of sp³-hybridized carbons (Fsp3) is 0. The van der Waals surface area contributed by atoms with Gasteiger partial charge in [0.2, 0.25) is 0 Å². The normalized spacial score (nSPS) is 18.5. The van der Waals surface area contributed by atoms with E-state index in [1.165, 1.54) is 0 Å². The van der Waals surface area contributed by atoms with Crippen molar-refractivity contribution in [3.8, 4) is 11.1 Å². The molecule has 56 heavy (non-hydrogen) atoms. The van der Waals surface area contributed by atoms with E-state index in [9.17, 15) is 0 Å². The van der Waals surface area contributed by atoms with E-state index in [2.05, 4.69) is 36.4 Å². The standard InChI is InChI=1S/C48H36N4O2P2/c53-55(43-27-15-5-16-28-43)49(39-19-7-1-8-20-39)45-33-31-37(35-47(45)51(55)41-23-11-3-12-24-41)38-32-34-46-48(36-38)52(42-25-13-4-14-26-42)56(54,44-29-17-6-18-30-44)50(46)40-21-9-2-10-22-40/h1-36H. The maximum Gasteiger partial charge on any atom is 0.301 e. The van der Waals surface area contributed by atoms with E-state index in [0.717, 1.165) is 67.2 Å². The third kappa shape index (κ3) is 5.26. The Morgan fingerprint density at radius 1 is 0.268 bits per heavy atom. The first-order valence-electron chi connectivity index (χ1n) is 18.6. The van der Waals surface area contributed by atoms with Gasteiger partial charge in [0.05, 0.1) is 33.4 Å². The second-order valence-corrected chi connectivity index (χ2v) is 18.6. The maximum absolute atomic E-state index is 16.1. The zero-order valence-corrected chi connectivity index (χ0v) is 32.1. The first kappa shape index (κ1) is 33.9. The molecular formula is C48H36N4O2P2. The van der Waals surface area contributed by atoms with Crippen molar-refractivity contribution in [2.75, 3.05) is 18.7 Å². The molecule has 0 N–H and O–H groups in total. The van der Waals surface area contributed by atoms with Crippen LogP contribution in [-0.4, -0.2) is 0 Å². The number of fused-ring (bicyclic) bond motifs is 2.